The lowest BCUT2D eigenvalue weighted by Gasteiger charge is -2.08. The first-order valence-corrected chi connectivity index (χ1v) is 10.5. The first-order chi connectivity index (χ1) is 13.5. The summed E-state index contributed by atoms with van der Waals surface area (Å²) in [7, 11) is 3.22. The molecule has 0 fully saturated rings. The van der Waals surface area contributed by atoms with Gasteiger partial charge >= 0.3 is 0 Å². The number of ether oxygens (including phenoxy) is 2. The van der Waals surface area contributed by atoms with Crippen molar-refractivity contribution in [2.45, 2.75) is 24.0 Å². The number of rotatable bonds is 7. The average molecular weight is 415 g/mol. The van der Waals surface area contributed by atoms with Crippen LogP contribution in [0.25, 0.3) is 11.3 Å². The Labute approximate surface area is 173 Å². The van der Waals surface area contributed by atoms with E-state index < -0.39 is 0 Å². The van der Waals surface area contributed by atoms with E-state index in [2.05, 4.69) is 24.1 Å². The van der Waals surface area contributed by atoms with Crippen molar-refractivity contribution in [2.24, 2.45) is 0 Å². The van der Waals surface area contributed by atoms with Gasteiger partial charge < -0.3 is 9.47 Å². The highest BCUT2D eigenvalue weighted by atomic mass is 32.2. The molecule has 1 aromatic heterocycles. The number of thiazole rings is 1. The molecule has 0 aliphatic rings. The fraction of sp³-hybridized carbons (Fsp3) is 0.238. The summed E-state index contributed by atoms with van der Waals surface area (Å²) in [6.45, 7) is 4.25. The highest BCUT2D eigenvalue weighted by Gasteiger charge is 2.14. The number of benzene rings is 2. The quantitative estimate of drug-likeness (QED) is 0.511. The van der Waals surface area contributed by atoms with Crippen LogP contribution < -0.4 is 14.8 Å². The van der Waals surface area contributed by atoms with Crippen LogP contribution in [0.3, 0.4) is 0 Å². The number of thioether (sulfide) groups is 1. The standard InChI is InChI=1S/C21H22N2O3S2/c1-13(2)28-16-7-5-6-14(10-16)20(24)23-21-22-18(12-27-21)17-9-8-15(25-3)11-19(17)26-4/h5-13H,1-4H3,(H,22,23,24). The van der Waals surface area contributed by atoms with Gasteiger partial charge in [-0.2, -0.15) is 0 Å². The lowest BCUT2D eigenvalue weighted by Crippen LogP contribution is -2.11. The zero-order chi connectivity index (χ0) is 20.1. The molecule has 0 radical (unpaired) electrons. The van der Waals surface area contributed by atoms with Gasteiger partial charge in [0.05, 0.1) is 19.9 Å². The Morgan fingerprint density at radius 2 is 1.96 bits per heavy atom. The molecule has 1 amide bonds. The lowest BCUT2D eigenvalue weighted by molar-refractivity contribution is 0.102. The van der Waals surface area contributed by atoms with E-state index in [4.69, 9.17) is 9.47 Å². The van der Waals surface area contributed by atoms with E-state index in [1.807, 2.05) is 41.8 Å². The molecule has 28 heavy (non-hydrogen) atoms. The lowest BCUT2D eigenvalue weighted by atomic mass is 10.1. The summed E-state index contributed by atoms with van der Waals surface area (Å²) in [6, 6.07) is 13.2. The highest BCUT2D eigenvalue weighted by molar-refractivity contribution is 7.99. The van der Waals surface area contributed by atoms with Gasteiger partial charge in [0.1, 0.15) is 11.5 Å². The molecule has 146 valence electrons. The Kier molecular flexibility index (Phi) is 6.59. The first-order valence-electron chi connectivity index (χ1n) is 8.76. The fourth-order valence-corrected chi connectivity index (χ4v) is 4.22. The highest BCUT2D eigenvalue weighted by Crippen LogP contribution is 2.35. The molecule has 0 saturated carbocycles. The number of anilines is 1. The molecule has 2 aromatic carbocycles. The molecule has 3 aromatic rings. The largest absolute Gasteiger partial charge is 0.497 e. The smallest absolute Gasteiger partial charge is 0.257 e. The Balaban J connectivity index is 1.77. The fourth-order valence-electron chi connectivity index (χ4n) is 2.62. The molecule has 0 aliphatic heterocycles. The van der Waals surface area contributed by atoms with Gasteiger partial charge in [-0.1, -0.05) is 19.9 Å². The number of carbonyl (C=O) groups excluding carboxylic acids is 1. The third-order valence-electron chi connectivity index (χ3n) is 3.88. The maximum atomic E-state index is 12.6. The van der Waals surface area contributed by atoms with Crippen LogP contribution in [0.1, 0.15) is 24.2 Å². The maximum absolute atomic E-state index is 12.6. The van der Waals surface area contributed by atoms with Crippen molar-refractivity contribution in [3.8, 4) is 22.8 Å². The minimum absolute atomic E-state index is 0.172. The Bertz CT molecular complexity index is 970. The third kappa shape index (κ3) is 4.85. The van der Waals surface area contributed by atoms with Crippen LogP contribution in [0.2, 0.25) is 0 Å². The van der Waals surface area contributed by atoms with Crippen LogP contribution in [-0.4, -0.2) is 30.4 Å². The molecule has 0 aliphatic carbocycles. The second-order valence-electron chi connectivity index (χ2n) is 6.25. The van der Waals surface area contributed by atoms with E-state index in [9.17, 15) is 4.79 Å². The first kappa shape index (κ1) is 20.2. The monoisotopic (exact) mass is 414 g/mol. The van der Waals surface area contributed by atoms with Gasteiger partial charge in [-0.05, 0) is 30.3 Å². The number of carbonyl (C=O) groups is 1. The Hall–Kier alpha value is -2.51. The summed E-state index contributed by atoms with van der Waals surface area (Å²) in [4.78, 5) is 18.2. The summed E-state index contributed by atoms with van der Waals surface area (Å²) in [5, 5.41) is 5.78. The van der Waals surface area contributed by atoms with Gasteiger partial charge in [0.2, 0.25) is 0 Å². The number of nitrogens with one attached hydrogen (secondary N) is 1. The molecule has 1 N–H and O–H groups in total. The van der Waals surface area contributed by atoms with Crippen LogP contribution in [0, 0.1) is 0 Å². The minimum Gasteiger partial charge on any atom is -0.497 e. The van der Waals surface area contributed by atoms with Gasteiger partial charge in [-0.25, -0.2) is 4.98 Å². The van der Waals surface area contributed by atoms with Gasteiger partial charge in [0.15, 0.2) is 5.13 Å². The van der Waals surface area contributed by atoms with Crippen LogP contribution in [0.15, 0.2) is 52.7 Å². The predicted octanol–water partition coefficient (Wildman–Crippen LogP) is 5.58. The minimum atomic E-state index is -0.172. The second kappa shape index (κ2) is 9.12. The van der Waals surface area contributed by atoms with Crippen molar-refractivity contribution in [3.63, 3.8) is 0 Å². The molecule has 0 spiro atoms. The van der Waals surface area contributed by atoms with E-state index in [0.29, 0.717) is 27.4 Å². The van der Waals surface area contributed by atoms with Crippen LogP contribution in [0.4, 0.5) is 5.13 Å². The molecule has 0 unspecified atom stereocenters. The number of hydrogen-bond acceptors (Lipinski definition) is 6. The van der Waals surface area contributed by atoms with Crippen molar-refractivity contribution < 1.29 is 14.3 Å². The van der Waals surface area contributed by atoms with E-state index in [1.165, 1.54) is 11.3 Å². The van der Waals surface area contributed by atoms with Gasteiger partial charge in [-0.15, -0.1) is 23.1 Å². The summed E-state index contributed by atoms with van der Waals surface area (Å²) < 4.78 is 10.7. The molecule has 1 heterocycles. The van der Waals surface area contributed by atoms with Crippen LogP contribution >= 0.6 is 23.1 Å². The van der Waals surface area contributed by atoms with Crippen molar-refractivity contribution in [2.75, 3.05) is 19.5 Å². The van der Waals surface area contributed by atoms with E-state index in [-0.39, 0.29) is 5.91 Å². The normalized spacial score (nSPS) is 10.8. The van der Waals surface area contributed by atoms with Gasteiger partial charge in [0, 0.05) is 32.7 Å². The zero-order valence-corrected chi connectivity index (χ0v) is 17.8. The Morgan fingerprint density at radius 3 is 2.68 bits per heavy atom. The average Bonchev–Trinajstić information content (AvgIpc) is 3.15. The summed E-state index contributed by atoms with van der Waals surface area (Å²) in [6.07, 6.45) is 0. The van der Waals surface area contributed by atoms with Crippen molar-refractivity contribution in [3.05, 3.63) is 53.4 Å². The van der Waals surface area contributed by atoms with Crippen LogP contribution in [0.5, 0.6) is 11.5 Å². The van der Waals surface area contributed by atoms with Crippen molar-refractivity contribution in [1.29, 1.82) is 0 Å². The number of hydrogen-bond donors (Lipinski definition) is 1. The molecule has 5 nitrogen and oxygen atoms in total. The Morgan fingerprint density at radius 1 is 1.14 bits per heavy atom. The van der Waals surface area contributed by atoms with E-state index >= 15 is 0 Å². The summed E-state index contributed by atoms with van der Waals surface area (Å²) in [5.74, 6) is 1.21. The molecular weight excluding hydrogens is 392 g/mol. The van der Waals surface area contributed by atoms with Crippen molar-refractivity contribution in [1.82, 2.24) is 4.98 Å². The summed E-state index contributed by atoms with van der Waals surface area (Å²) in [5.41, 5.74) is 2.20. The molecule has 0 bridgehead atoms. The van der Waals surface area contributed by atoms with Gasteiger partial charge in [0.25, 0.3) is 5.91 Å². The third-order valence-corrected chi connectivity index (χ3v) is 5.63. The van der Waals surface area contributed by atoms with Gasteiger partial charge in [-0.3, -0.25) is 10.1 Å². The SMILES string of the molecule is COc1ccc(-c2csc(NC(=O)c3cccc(SC(C)C)c3)n2)c(OC)c1. The predicted molar refractivity (Wildman–Crippen MR) is 116 cm³/mol. The topological polar surface area (TPSA) is 60.5 Å². The van der Waals surface area contributed by atoms with Crippen molar-refractivity contribution >= 4 is 34.1 Å². The molecular formula is C21H22N2O3S2. The molecule has 0 atom stereocenters. The second-order valence-corrected chi connectivity index (χ2v) is 8.76. The van der Waals surface area contributed by atoms with E-state index in [0.717, 1.165) is 16.2 Å². The number of methoxy groups -OCH3 is 2. The molecule has 3 rings (SSSR count). The summed E-state index contributed by atoms with van der Waals surface area (Å²) >= 11 is 3.10. The molecule has 7 heteroatoms. The van der Waals surface area contributed by atoms with Crippen LogP contribution in [-0.2, 0) is 0 Å². The molecule has 0 saturated heterocycles. The number of aromatic nitrogens is 1. The number of amides is 1. The van der Waals surface area contributed by atoms with E-state index in [1.54, 1.807) is 32.0 Å². The zero-order valence-electron chi connectivity index (χ0n) is 16.2. The number of nitrogens with zero attached hydrogens (tertiary/aromatic N) is 1. The maximum Gasteiger partial charge on any atom is 0.257 e.